The van der Waals surface area contributed by atoms with Crippen LogP contribution in [0.25, 0.3) is 0 Å². The second-order valence-corrected chi connectivity index (χ2v) is 5.77. The zero-order chi connectivity index (χ0) is 14.6. The molecule has 1 aliphatic heterocycles. The van der Waals surface area contributed by atoms with Crippen LogP contribution in [0.5, 0.6) is 0 Å². The molecule has 1 aliphatic rings. The van der Waals surface area contributed by atoms with Gasteiger partial charge >= 0.3 is 0 Å². The van der Waals surface area contributed by atoms with Gasteiger partial charge in [-0.2, -0.15) is 0 Å². The first-order valence-corrected chi connectivity index (χ1v) is 7.29. The second kappa shape index (κ2) is 6.68. The van der Waals surface area contributed by atoms with Gasteiger partial charge in [0.15, 0.2) is 0 Å². The fraction of sp³-hybridized carbons (Fsp3) is 0.625. The van der Waals surface area contributed by atoms with Gasteiger partial charge in [0.2, 0.25) is 0 Å². The molecular weight excluding hydrogens is 254 g/mol. The minimum absolute atomic E-state index is 0.0634. The Balaban J connectivity index is 1.86. The molecule has 0 aromatic heterocycles. The molecule has 1 heterocycles. The van der Waals surface area contributed by atoms with E-state index >= 15 is 0 Å². The highest BCUT2D eigenvalue weighted by atomic mass is 16.5. The first-order chi connectivity index (χ1) is 9.51. The fourth-order valence-corrected chi connectivity index (χ4v) is 2.54. The summed E-state index contributed by atoms with van der Waals surface area (Å²) in [4.78, 5) is 0. The van der Waals surface area contributed by atoms with Gasteiger partial charge in [-0.15, -0.1) is 0 Å². The van der Waals surface area contributed by atoms with E-state index in [4.69, 9.17) is 4.74 Å². The smallest absolute Gasteiger partial charge is 0.0914 e. The first kappa shape index (κ1) is 15.4. The maximum absolute atomic E-state index is 10.5. The molecule has 0 radical (unpaired) electrons. The highest BCUT2D eigenvalue weighted by molar-refractivity contribution is 5.23. The summed E-state index contributed by atoms with van der Waals surface area (Å²) >= 11 is 0. The molecule has 1 unspecified atom stereocenters. The summed E-state index contributed by atoms with van der Waals surface area (Å²) in [5.74, 6) is 0. The molecule has 2 atom stereocenters. The van der Waals surface area contributed by atoms with Crippen LogP contribution < -0.4 is 5.32 Å². The van der Waals surface area contributed by atoms with Crippen LogP contribution >= 0.6 is 0 Å². The zero-order valence-corrected chi connectivity index (χ0v) is 12.3. The summed E-state index contributed by atoms with van der Waals surface area (Å²) in [6.45, 7) is 5.63. The largest absolute Gasteiger partial charge is 0.388 e. The summed E-state index contributed by atoms with van der Waals surface area (Å²) in [6, 6.07) is 7.80. The number of hydrogen-bond donors (Lipinski definition) is 3. The van der Waals surface area contributed by atoms with Crippen molar-refractivity contribution in [3.05, 3.63) is 35.4 Å². The average Bonchev–Trinajstić information content (AvgIpc) is 2.46. The molecule has 0 saturated carbocycles. The Labute approximate surface area is 120 Å². The normalized spacial score (nSPS) is 21.4. The van der Waals surface area contributed by atoms with E-state index in [2.05, 4.69) is 5.32 Å². The lowest BCUT2D eigenvalue weighted by atomic mass is 9.87. The number of benzene rings is 1. The van der Waals surface area contributed by atoms with Crippen molar-refractivity contribution in [3.63, 3.8) is 0 Å². The minimum Gasteiger partial charge on any atom is -0.388 e. The third-order valence-corrected chi connectivity index (χ3v) is 4.24. The van der Waals surface area contributed by atoms with Crippen LogP contribution in [0.3, 0.4) is 0 Å². The third kappa shape index (κ3) is 3.79. The van der Waals surface area contributed by atoms with Crippen molar-refractivity contribution in [2.75, 3.05) is 19.8 Å². The molecule has 0 spiro atoms. The molecule has 1 aromatic carbocycles. The number of aliphatic hydroxyl groups is 2. The average molecular weight is 279 g/mol. The molecule has 1 fully saturated rings. The van der Waals surface area contributed by atoms with Gasteiger partial charge < -0.3 is 20.3 Å². The maximum atomic E-state index is 10.5. The van der Waals surface area contributed by atoms with Crippen LogP contribution in [0.1, 0.15) is 37.0 Å². The summed E-state index contributed by atoms with van der Waals surface area (Å²) in [5, 5.41) is 24.0. The van der Waals surface area contributed by atoms with Gasteiger partial charge in [0.05, 0.1) is 11.7 Å². The Bertz CT molecular complexity index is 412. The number of hydrogen-bond acceptors (Lipinski definition) is 4. The van der Waals surface area contributed by atoms with Gasteiger partial charge in [-0.1, -0.05) is 29.8 Å². The molecule has 0 bridgehead atoms. The Morgan fingerprint density at radius 3 is 2.45 bits per heavy atom. The summed E-state index contributed by atoms with van der Waals surface area (Å²) in [7, 11) is 0. The van der Waals surface area contributed by atoms with Crippen LogP contribution in [-0.4, -0.2) is 41.6 Å². The molecule has 0 aliphatic carbocycles. The lowest BCUT2D eigenvalue weighted by molar-refractivity contribution is -0.0828. The molecule has 4 nitrogen and oxygen atoms in total. The Morgan fingerprint density at radius 1 is 1.25 bits per heavy atom. The predicted octanol–water partition coefficient (Wildman–Crippen LogP) is 1.55. The van der Waals surface area contributed by atoms with E-state index in [0.29, 0.717) is 32.6 Å². The number of aliphatic hydroxyl groups excluding tert-OH is 1. The summed E-state index contributed by atoms with van der Waals surface area (Å²) in [5.41, 5.74) is 1.35. The highest BCUT2D eigenvalue weighted by Crippen LogP contribution is 2.24. The highest BCUT2D eigenvalue weighted by Gasteiger charge is 2.35. The molecule has 0 amide bonds. The van der Waals surface area contributed by atoms with E-state index in [-0.39, 0.29) is 6.04 Å². The van der Waals surface area contributed by atoms with Crippen LogP contribution in [-0.2, 0) is 4.74 Å². The summed E-state index contributed by atoms with van der Waals surface area (Å²) < 4.78 is 5.28. The molecule has 20 heavy (non-hydrogen) atoms. The van der Waals surface area contributed by atoms with Gasteiger partial charge in [0, 0.05) is 38.6 Å². The number of ether oxygens (including phenoxy) is 1. The SMILES string of the molecule is Cc1ccc([C@@H](O)CNC(C)C2(O)CCOCC2)cc1. The van der Waals surface area contributed by atoms with E-state index in [0.717, 1.165) is 5.56 Å². The molecular formula is C16H25NO3. The van der Waals surface area contributed by atoms with Crippen molar-refractivity contribution in [1.29, 1.82) is 0 Å². The second-order valence-electron chi connectivity index (χ2n) is 5.77. The number of nitrogens with one attached hydrogen (secondary N) is 1. The van der Waals surface area contributed by atoms with Crippen LogP contribution in [0.15, 0.2) is 24.3 Å². The van der Waals surface area contributed by atoms with Crippen molar-refractivity contribution in [3.8, 4) is 0 Å². The van der Waals surface area contributed by atoms with Crippen LogP contribution in [0, 0.1) is 6.92 Å². The molecule has 1 saturated heterocycles. The van der Waals surface area contributed by atoms with Gasteiger partial charge in [-0.05, 0) is 19.4 Å². The van der Waals surface area contributed by atoms with Gasteiger partial charge in [0.1, 0.15) is 0 Å². The predicted molar refractivity (Wildman–Crippen MR) is 78.6 cm³/mol. The molecule has 1 aromatic rings. The van der Waals surface area contributed by atoms with Crippen molar-refractivity contribution < 1.29 is 14.9 Å². The van der Waals surface area contributed by atoms with Gasteiger partial charge in [0.25, 0.3) is 0 Å². The Hall–Kier alpha value is -0.940. The molecule has 2 rings (SSSR count). The van der Waals surface area contributed by atoms with E-state index < -0.39 is 11.7 Å². The quantitative estimate of drug-likeness (QED) is 0.765. The van der Waals surface area contributed by atoms with Crippen LogP contribution in [0.2, 0.25) is 0 Å². The minimum atomic E-state index is -0.731. The molecule has 3 N–H and O–H groups in total. The van der Waals surface area contributed by atoms with Gasteiger partial charge in [-0.3, -0.25) is 0 Å². The zero-order valence-electron chi connectivity index (χ0n) is 12.3. The fourth-order valence-electron chi connectivity index (χ4n) is 2.54. The first-order valence-electron chi connectivity index (χ1n) is 7.29. The summed E-state index contributed by atoms with van der Waals surface area (Å²) in [6.07, 6.45) is 0.727. The number of aryl methyl sites for hydroxylation is 1. The van der Waals surface area contributed by atoms with Crippen molar-refractivity contribution in [2.24, 2.45) is 0 Å². The standard InChI is InChI=1S/C16H25NO3/c1-12-3-5-14(6-4-12)15(18)11-17-13(2)16(19)7-9-20-10-8-16/h3-6,13,15,17-19H,7-11H2,1-2H3/t13?,15-/m0/s1. The van der Waals surface area contributed by atoms with E-state index in [9.17, 15) is 10.2 Å². The number of rotatable bonds is 5. The lowest BCUT2D eigenvalue weighted by Gasteiger charge is -2.38. The molecule has 112 valence electrons. The Morgan fingerprint density at radius 2 is 1.85 bits per heavy atom. The van der Waals surface area contributed by atoms with Gasteiger partial charge in [-0.25, -0.2) is 0 Å². The molecule has 4 heteroatoms. The van der Waals surface area contributed by atoms with E-state index in [1.165, 1.54) is 5.56 Å². The third-order valence-electron chi connectivity index (χ3n) is 4.24. The Kier molecular flexibility index (Phi) is 5.16. The topological polar surface area (TPSA) is 61.7 Å². The monoisotopic (exact) mass is 279 g/mol. The van der Waals surface area contributed by atoms with E-state index in [1.54, 1.807) is 0 Å². The lowest BCUT2D eigenvalue weighted by Crippen LogP contribution is -2.52. The van der Waals surface area contributed by atoms with E-state index in [1.807, 2.05) is 38.1 Å². The van der Waals surface area contributed by atoms with Crippen molar-refractivity contribution >= 4 is 0 Å². The van der Waals surface area contributed by atoms with Crippen LogP contribution in [0.4, 0.5) is 0 Å². The maximum Gasteiger partial charge on any atom is 0.0914 e. The van der Waals surface area contributed by atoms with Crippen molar-refractivity contribution in [2.45, 2.75) is 44.4 Å². The van der Waals surface area contributed by atoms with Crippen molar-refractivity contribution in [1.82, 2.24) is 5.32 Å².